The van der Waals surface area contributed by atoms with Gasteiger partial charge in [-0.25, -0.2) is 0 Å². The first-order valence-electron chi connectivity index (χ1n) is 12.6. The van der Waals surface area contributed by atoms with E-state index in [9.17, 15) is 9.59 Å². The topological polar surface area (TPSA) is 69.0 Å². The van der Waals surface area contributed by atoms with Gasteiger partial charge in [0.15, 0.2) is 0 Å². The van der Waals surface area contributed by atoms with Crippen LogP contribution in [0.15, 0.2) is 47.1 Å². The molecule has 0 radical (unpaired) electrons. The largest absolute Gasteiger partial charge is 0.494 e. The zero-order valence-electron chi connectivity index (χ0n) is 21.6. The molecule has 1 aliphatic heterocycles. The van der Waals surface area contributed by atoms with E-state index in [-0.39, 0.29) is 22.3 Å². The Hall–Kier alpha value is -2.93. The van der Waals surface area contributed by atoms with Crippen molar-refractivity contribution >= 4 is 38.8 Å². The number of carbonyl (C=O) groups excluding carboxylic acids is 2. The number of amides is 1. The van der Waals surface area contributed by atoms with Crippen molar-refractivity contribution < 1.29 is 23.5 Å². The number of ether oxygens (including phenoxy) is 2. The number of aryl methyl sites for hydroxylation is 1. The molecule has 6 nitrogen and oxygen atoms in total. The van der Waals surface area contributed by atoms with Crippen LogP contribution in [0.1, 0.15) is 58.1 Å². The minimum Gasteiger partial charge on any atom is -0.494 e. The summed E-state index contributed by atoms with van der Waals surface area (Å²) >= 11 is 0.749. The molecule has 1 fully saturated rings. The average molecular weight is 510 g/mol. The molecule has 3 aromatic rings. The quantitative estimate of drug-likeness (QED) is 0.251. The third-order valence-corrected chi connectivity index (χ3v) is 6.76. The normalized spacial score (nSPS) is 14.2. The Balaban J connectivity index is 1.29. The summed E-state index contributed by atoms with van der Waals surface area (Å²) in [6.45, 7) is 10.1. The zero-order chi connectivity index (χ0) is 25.7. The van der Waals surface area contributed by atoms with E-state index in [1.165, 1.54) is 15.8 Å². The van der Waals surface area contributed by atoms with Crippen molar-refractivity contribution in [3.8, 4) is 11.5 Å². The number of carbonyl (C=O) groups is 2. The van der Waals surface area contributed by atoms with E-state index in [0.717, 1.165) is 60.8 Å². The Kier molecular flexibility index (Phi) is 8.29. The highest BCUT2D eigenvalue weighted by atomic mass is 32.2. The second-order valence-electron chi connectivity index (χ2n) is 10.4. The van der Waals surface area contributed by atoms with E-state index in [1.54, 1.807) is 6.07 Å². The molecule has 1 saturated heterocycles. The van der Waals surface area contributed by atoms with Crippen LogP contribution >= 0.6 is 11.8 Å². The third-order valence-electron chi connectivity index (χ3n) is 6.01. The monoisotopic (exact) mass is 509 g/mol. The molecule has 2 heterocycles. The smallest absolute Gasteiger partial charge is 0.294 e. The van der Waals surface area contributed by atoms with Gasteiger partial charge < -0.3 is 13.9 Å². The lowest BCUT2D eigenvalue weighted by atomic mass is 9.88. The maximum Gasteiger partial charge on any atom is 0.294 e. The Morgan fingerprint density at radius 1 is 1.06 bits per heavy atom. The van der Waals surface area contributed by atoms with Gasteiger partial charge in [-0.3, -0.25) is 14.5 Å². The van der Waals surface area contributed by atoms with E-state index >= 15 is 0 Å². The number of nitrogens with zero attached hydrogens (tertiary/aromatic N) is 1. The number of hydrogen-bond donors (Lipinski definition) is 0. The Bertz CT molecular complexity index is 1230. The van der Waals surface area contributed by atoms with Crippen LogP contribution in [0.2, 0.25) is 0 Å². The van der Waals surface area contributed by atoms with Crippen LogP contribution in [0.5, 0.6) is 11.5 Å². The van der Waals surface area contributed by atoms with Crippen molar-refractivity contribution in [2.45, 2.75) is 59.8 Å². The molecule has 2 aromatic carbocycles. The molecule has 1 aliphatic rings. The van der Waals surface area contributed by atoms with Gasteiger partial charge in [-0.1, -0.05) is 40.2 Å². The molecule has 0 saturated carbocycles. The zero-order valence-corrected chi connectivity index (χ0v) is 22.4. The van der Waals surface area contributed by atoms with Gasteiger partial charge in [-0.05, 0) is 60.9 Å². The third kappa shape index (κ3) is 6.44. The SMILES string of the molecule is CCCc1c(OCCCCOc2cccc(N3CC(=O)SC3=O)c2)ccc2c(CC(C)(C)C)coc12. The molecule has 0 unspecified atom stereocenters. The molecule has 4 rings (SSSR count). The number of fused-ring (bicyclic) bond motifs is 1. The van der Waals surface area contributed by atoms with Crippen LogP contribution < -0.4 is 14.4 Å². The van der Waals surface area contributed by atoms with E-state index < -0.39 is 0 Å². The second-order valence-corrected chi connectivity index (χ2v) is 11.4. The maximum absolute atomic E-state index is 11.9. The standard InChI is InChI=1S/C29H35NO5S/c1-5-9-24-25(13-12-23-20(17-29(2,3)4)19-35-27(23)24)34-15-7-6-14-33-22-11-8-10-21(16-22)30-18-26(31)36-28(30)32/h8,10-13,16,19H,5-7,9,14-15,17-18H2,1-4H3. The summed E-state index contributed by atoms with van der Waals surface area (Å²) in [6, 6.07) is 11.5. The molecular formula is C29H35NO5S. The van der Waals surface area contributed by atoms with Gasteiger partial charge in [-0.15, -0.1) is 0 Å². The van der Waals surface area contributed by atoms with E-state index in [0.29, 0.717) is 24.7 Å². The summed E-state index contributed by atoms with van der Waals surface area (Å²) in [7, 11) is 0. The molecule has 1 aromatic heterocycles. The molecule has 0 aliphatic carbocycles. The van der Waals surface area contributed by atoms with E-state index in [2.05, 4.69) is 39.8 Å². The van der Waals surface area contributed by atoms with Crippen LogP contribution in [0.4, 0.5) is 10.5 Å². The highest BCUT2D eigenvalue weighted by Crippen LogP contribution is 2.35. The molecule has 0 N–H and O–H groups in total. The van der Waals surface area contributed by atoms with Crippen molar-refractivity contribution in [2.75, 3.05) is 24.7 Å². The Morgan fingerprint density at radius 2 is 1.83 bits per heavy atom. The first-order valence-corrected chi connectivity index (χ1v) is 13.5. The van der Waals surface area contributed by atoms with Crippen LogP contribution in [0.25, 0.3) is 11.0 Å². The first kappa shape index (κ1) is 26.1. The van der Waals surface area contributed by atoms with Crippen molar-refractivity contribution in [3.63, 3.8) is 0 Å². The predicted octanol–water partition coefficient (Wildman–Crippen LogP) is 7.41. The second kappa shape index (κ2) is 11.4. The van der Waals surface area contributed by atoms with Gasteiger partial charge in [0.1, 0.15) is 17.1 Å². The van der Waals surface area contributed by atoms with Crippen LogP contribution in [0.3, 0.4) is 0 Å². The molecule has 192 valence electrons. The highest BCUT2D eigenvalue weighted by molar-refractivity contribution is 8.27. The fourth-order valence-corrected chi connectivity index (χ4v) is 5.08. The summed E-state index contributed by atoms with van der Waals surface area (Å²) in [5.41, 5.74) is 4.23. The summed E-state index contributed by atoms with van der Waals surface area (Å²) in [4.78, 5) is 24.9. The fraction of sp³-hybridized carbons (Fsp3) is 0.448. The highest BCUT2D eigenvalue weighted by Gasteiger charge is 2.30. The molecule has 0 atom stereocenters. The minimum atomic E-state index is -0.241. The van der Waals surface area contributed by atoms with Crippen molar-refractivity contribution in [2.24, 2.45) is 5.41 Å². The number of hydrogen-bond acceptors (Lipinski definition) is 6. The lowest BCUT2D eigenvalue weighted by Crippen LogP contribution is -2.22. The first-order chi connectivity index (χ1) is 17.2. The number of anilines is 1. The summed E-state index contributed by atoms with van der Waals surface area (Å²) in [5.74, 6) is 1.59. The van der Waals surface area contributed by atoms with Crippen LogP contribution in [-0.4, -0.2) is 30.1 Å². The summed E-state index contributed by atoms with van der Waals surface area (Å²) in [5, 5.41) is 0.815. The van der Waals surface area contributed by atoms with Gasteiger partial charge >= 0.3 is 0 Å². The molecule has 0 bridgehead atoms. The van der Waals surface area contributed by atoms with Crippen LogP contribution in [0, 0.1) is 5.41 Å². The molecule has 36 heavy (non-hydrogen) atoms. The Morgan fingerprint density at radius 3 is 2.53 bits per heavy atom. The molecular weight excluding hydrogens is 474 g/mol. The molecule has 7 heteroatoms. The van der Waals surface area contributed by atoms with Crippen molar-refractivity contribution in [1.82, 2.24) is 0 Å². The number of furan rings is 1. The lowest BCUT2D eigenvalue weighted by molar-refractivity contribution is -0.109. The van der Waals surface area contributed by atoms with Crippen molar-refractivity contribution in [1.29, 1.82) is 0 Å². The fourth-order valence-electron chi connectivity index (χ4n) is 4.41. The predicted molar refractivity (Wildman–Crippen MR) is 145 cm³/mol. The van der Waals surface area contributed by atoms with Gasteiger partial charge in [0.25, 0.3) is 5.24 Å². The van der Waals surface area contributed by atoms with E-state index in [1.807, 2.05) is 24.5 Å². The van der Waals surface area contributed by atoms with Crippen molar-refractivity contribution in [3.05, 3.63) is 53.8 Å². The Labute approximate surface area is 217 Å². The minimum absolute atomic E-state index is 0.103. The molecule has 1 amide bonds. The number of unbranched alkanes of at least 4 members (excludes halogenated alkanes) is 1. The van der Waals surface area contributed by atoms with Gasteiger partial charge in [0, 0.05) is 34.5 Å². The lowest BCUT2D eigenvalue weighted by Gasteiger charge is -2.17. The number of benzene rings is 2. The van der Waals surface area contributed by atoms with Gasteiger partial charge in [-0.2, -0.15) is 0 Å². The van der Waals surface area contributed by atoms with Crippen LogP contribution in [-0.2, 0) is 17.6 Å². The average Bonchev–Trinajstić information content (AvgIpc) is 3.38. The number of thioether (sulfide) groups is 1. The van der Waals surface area contributed by atoms with Gasteiger partial charge in [0.05, 0.1) is 26.0 Å². The molecule has 0 spiro atoms. The maximum atomic E-state index is 11.9. The number of rotatable bonds is 11. The van der Waals surface area contributed by atoms with Gasteiger partial charge in [0.2, 0.25) is 5.12 Å². The summed E-state index contributed by atoms with van der Waals surface area (Å²) < 4.78 is 18.1. The summed E-state index contributed by atoms with van der Waals surface area (Å²) in [6.07, 6.45) is 6.50. The van der Waals surface area contributed by atoms with E-state index in [4.69, 9.17) is 13.9 Å².